The highest BCUT2D eigenvalue weighted by atomic mass is 19.1. The van der Waals surface area contributed by atoms with Crippen molar-refractivity contribution in [2.24, 2.45) is 0 Å². The monoisotopic (exact) mass is 322 g/mol. The normalized spacial score (nSPS) is 17.0. The van der Waals surface area contributed by atoms with Gasteiger partial charge in [0.1, 0.15) is 5.82 Å². The van der Waals surface area contributed by atoms with Gasteiger partial charge in [0.2, 0.25) is 11.8 Å². The summed E-state index contributed by atoms with van der Waals surface area (Å²) in [6.07, 6.45) is 2.23. The predicted molar refractivity (Wildman–Crippen MR) is 84.1 cm³/mol. The van der Waals surface area contributed by atoms with E-state index in [1.807, 2.05) is 0 Å². The first-order valence-corrected chi connectivity index (χ1v) is 7.93. The molecule has 0 radical (unpaired) electrons. The Labute approximate surface area is 135 Å². The van der Waals surface area contributed by atoms with Crippen molar-refractivity contribution in [1.29, 1.82) is 0 Å². The van der Waals surface area contributed by atoms with Crippen LogP contribution in [0.3, 0.4) is 0 Å². The Morgan fingerprint density at radius 3 is 2.83 bits per heavy atom. The Morgan fingerprint density at radius 1 is 1.39 bits per heavy atom. The number of halogens is 1. The highest BCUT2D eigenvalue weighted by molar-refractivity contribution is 5.78. The van der Waals surface area contributed by atoms with Crippen molar-refractivity contribution in [2.75, 3.05) is 19.7 Å². The fourth-order valence-corrected chi connectivity index (χ4v) is 2.57. The Morgan fingerprint density at radius 2 is 2.17 bits per heavy atom. The van der Waals surface area contributed by atoms with Gasteiger partial charge in [-0.05, 0) is 18.9 Å². The van der Waals surface area contributed by atoms with Gasteiger partial charge in [-0.3, -0.25) is 9.59 Å². The lowest BCUT2D eigenvalue weighted by molar-refractivity contribution is -0.131. The third-order valence-electron chi connectivity index (χ3n) is 3.94. The molecule has 1 aliphatic rings. The van der Waals surface area contributed by atoms with Crippen LogP contribution in [-0.4, -0.2) is 42.5 Å². The first-order valence-electron chi connectivity index (χ1n) is 7.93. The molecule has 1 heterocycles. The zero-order valence-electron chi connectivity index (χ0n) is 13.4. The predicted octanol–water partition coefficient (Wildman–Crippen LogP) is 1.86. The first kappa shape index (κ1) is 17.4. The SMILES string of the molecule is CC(=O)N(CCC(=O)NCc1ccccc1F)CC1CCCO1. The summed E-state index contributed by atoms with van der Waals surface area (Å²) in [5.41, 5.74) is 0.448. The van der Waals surface area contributed by atoms with Crippen molar-refractivity contribution < 1.29 is 18.7 Å². The Balaban J connectivity index is 1.75. The molecule has 23 heavy (non-hydrogen) atoms. The summed E-state index contributed by atoms with van der Waals surface area (Å²) in [7, 11) is 0. The molecule has 0 saturated carbocycles. The molecular formula is C17H23FN2O3. The number of nitrogens with zero attached hydrogens (tertiary/aromatic N) is 1. The largest absolute Gasteiger partial charge is 0.376 e. The highest BCUT2D eigenvalue weighted by Gasteiger charge is 2.21. The van der Waals surface area contributed by atoms with Gasteiger partial charge in [-0.2, -0.15) is 0 Å². The van der Waals surface area contributed by atoms with Crippen molar-refractivity contribution in [1.82, 2.24) is 10.2 Å². The summed E-state index contributed by atoms with van der Waals surface area (Å²) in [6, 6.07) is 6.33. The maximum atomic E-state index is 13.5. The number of hydrogen-bond donors (Lipinski definition) is 1. The van der Waals surface area contributed by atoms with Crippen LogP contribution < -0.4 is 5.32 Å². The second kappa shape index (κ2) is 8.62. The van der Waals surface area contributed by atoms with E-state index in [0.717, 1.165) is 19.4 Å². The van der Waals surface area contributed by atoms with Crippen LogP contribution >= 0.6 is 0 Å². The van der Waals surface area contributed by atoms with Crippen LogP contribution in [0.1, 0.15) is 31.7 Å². The van der Waals surface area contributed by atoms with Crippen LogP contribution in [0.4, 0.5) is 4.39 Å². The molecule has 5 nitrogen and oxygen atoms in total. The maximum Gasteiger partial charge on any atom is 0.222 e. The Bertz CT molecular complexity index is 544. The molecule has 1 aliphatic heterocycles. The molecule has 0 spiro atoms. The van der Waals surface area contributed by atoms with Gasteiger partial charge in [-0.15, -0.1) is 0 Å². The van der Waals surface area contributed by atoms with Crippen LogP contribution in [0.15, 0.2) is 24.3 Å². The molecule has 2 amide bonds. The molecule has 6 heteroatoms. The average molecular weight is 322 g/mol. The van der Waals surface area contributed by atoms with E-state index in [-0.39, 0.29) is 36.7 Å². The van der Waals surface area contributed by atoms with Crippen LogP contribution in [0.5, 0.6) is 0 Å². The number of carbonyl (C=O) groups excluding carboxylic acids is 2. The third-order valence-corrected chi connectivity index (χ3v) is 3.94. The van der Waals surface area contributed by atoms with Gasteiger partial charge in [0.15, 0.2) is 0 Å². The minimum absolute atomic E-state index is 0.0672. The van der Waals surface area contributed by atoms with Gasteiger partial charge in [0.25, 0.3) is 0 Å². The van der Waals surface area contributed by atoms with Crippen LogP contribution in [0.2, 0.25) is 0 Å². The lowest BCUT2D eigenvalue weighted by Gasteiger charge is -2.23. The zero-order valence-corrected chi connectivity index (χ0v) is 13.4. The molecule has 0 bridgehead atoms. The van der Waals surface area contributed by atoms with Crippen molar-refractivity contribution in [3.05, 3.63) is 35.6 Å². The van der Waals surface area contributed by atoms with E-state index >= 15 is 0 Å². The number of rotatable bonds is 7. The quantitative estimate of drug-likeness (QED) is 0.833. The number of benzene rings is 1. The molecule has 0 aromatic heterocycles. The van der Waals surface area contributed by atoms with Crippen LogP contribution in [-0.2, 0) is 20.9 Å². The lowest BCUT2D eigenvalue weighted by Crippen LogP contribution is -2.38. The summed E-state index contributed by atoms with van der Waals surface area (Å²) >= 11 is 0. The van der Waals surface area contributed by atoms with Gasteiger partial charge in [-0.25, -0.2) is 4.39 Å². The number of amides is 2. The number of ether oxygens (including phenoxy) is 1. The summed E-state index contributed by atoms with van der Waals surface area (Å²) in [5.74, 6) is -0.606. The topological polar surface area (TPSA) is 58.6 Å². The standard InChI is InChI=1S/C17H23FN2O3/c1-13(21)20(12-15-6-4-10-23-15)9-8-17(22)19-11-14-5-2-3-7-16(14)18/h2-3,5,7,15H,4,6,8-12H2,1H3,(H,19,22). The molecule has 1 atom stereocenters. The Hall–Kier alpha value is -1.95. The molecule has 2 rings (SSSR count). The molecular weight excluding hydrogens is 299 g/mol. The maximum absolute atomic E-state index is 13.5. The van der Waals surface area contributed by atoms with Gasteiger partial charge in [0.05, 0.1) is 6.10 Å². The molecule has 1 aromatic carbocycles. The third kappa shape index (κ3) is 5.63. The van der Waals surface area contributed by atoms with Gasteiger partial charge >= 0.3 is 0 Å². The van der Waals surface area contributed by atoms with E-state index in [1.54, 1.807) is 23.1 Å². The van der Waals surface area contributed by atoms with E-state index in [4.69, 9.17) is 4.74 Å². The van der Waals surface area contributed by atoms with Gasteiger partial charge in [0, 0.05) is 45.1 Å². The zero-order chi connectivity index (χ0) is 16.7. The Kier molecular flexibility index (Phi) is 6.52. The van der Waals surface area contributed by atoms with E-state index < -0.39 is 0 Å². The molecule has 1 aromatic rings. The minimum atomic E-state index is -0.337. The summed E-state index contributed by atoms with van der Waals surface area (Å²) in [6.45, 7) is 3.25. The van der Waals surface area contributed by atoms with E-state index in [1.165, 1.54) is 13.0 Å². The molecule has 1 fully saturated rings. The highest BCUT2D eigenvalue weighted by Crippen LogP contribution is 2.13. The second-order valence-corrected chi connectivity index (χ2v) is 5.72. The van der Waals surface area contributed by atoms with Gasteiger partial charge in [-0.1, -0.05) is 18.2 Å². The molecule has 1 saturated heterocycles. The molecule has 1 unspecified atom stereocenters. The van der Waals surface area contributed by atoms with Gasteiger partial charge < -0.3 is 15.0 Å². The molecule has 1 N–H and O–H groups in total. The number of hydrogen-bond acceptors (Lipinski definition) is 3. The van der Waals surface area contributed by atoms with E-state index in [9.17, 15) is 14.0 Å². The minimum Gasteiger partial charge on any atom is -0.376 e. The van der Waals surface area contributed by atoms with Crippen molar-refractivity contribution in [3.8, 4) is 0 Å². The van der Waals surface area contributed by atoms with Crippen molar-refractivity contribution in [2.45, 2.75) is 38.8 Å². The van der Waals surface area contributed by atoms with Crippen molar-refractivity contribution >= 4 is 11.8 Å². The van der Waals surface area contributed by atoms with Crippen LogP contribution in [0, 0.1) is 5.82 Å². The number of nitrogens with one attached hydrogen (secondary N) is 1. The fraction of sp³-hybridized carbons (Fsp3) is 0.529. The van der Waals surface area contributed by atoms with E-state index in [0.29, 0.717) is 18.7 Å². The summed E-state index contributed by atoms with van der Waals surface area (Å²) in [5, 5.41) is 2.68. The summed E-state index contributed by atoms with van der Waals surface area (Å²) in [4.78, 5) is 25.2. The van der Waals surface area contributed by atoms with Crippen molar-refractivity contribution in [3.63, 3.8) is 0 Å². The smallest absolute Gasteiger partial charge is 0.222 e. The summed E-state index contributed by atoms with van der Waals surface area (Å²) < 4.78 is 19.0. The lowest BCUT2D eigenvalue weighted by atomic mass is 10.2. The van der Waals surface area contributed by atoms with Crippen LogP contribution in [0.25, 0.3) is 0 Å². The van der Waals surface area contributed by atoms with E-state index in [2.05, 4.69) is 5.32 Å². The molecule has 126 valence electrons. The molecule has 0 aliphatic carbocycles. The average Bonchev–Trinajstić information content (AvgIpc) is 3.03. The fourth-order valence-electron chi connectivity index (χ4n) is 2.57. The number of carbonyl (C=O) groups is 2. The first-order chi connectivity index (χ1) is 11.1. The second-order valence-electron chi connectivity index (χ2n) is 5.72.